The first-order valence-electron chi connectivity index (χ1n) is 3.72. The lowest BCUT2D eigenvalue weighted by atomic mass is 9.99. The Morgan fingerprint density at radius 2 is 2.45 bits per heavy atom. The molecule has 0 amide bonds. The fourth-order valence-electron chi connectivity index (χ4n) is 1.27. The van der Waals surface area contributed by atoms with Gasteiger partial charge in [0, 0.05) is 24.7 Å². The van der Waals surface area contributed by atoms with Crippen molar-refractivity contribution in [2.45, 2.75) is 6.42 Å². The summed E-state index contributed by atoms with van der Waals surface area (Å²) in [4.78, 5) is 4.19. The maximum atomic E-state index is 4.19. The number of hydrogen-bond donors (Lipinski definition) is 1. The second-order valence-electron chi connectivity index (χ2n) is 2.72. The van der Waals surface area contributed by atoms with Crippen molar-refractivity contribution in [3.63, 3.8) is 0 Å². The van der Waals surface area contributed by atoms with Crippen LogP contribution >= 0.6 is 0 Å². The number of dihydropyridines is 1. The third-order valence-corrected chi connectivity index (χ3v) is 1.87. The molecule has 2 aliphatic rings. The normalized spacial score (nSPS) is 21.6. The molecule has 0 fully saturated rings. The predicted molar refractivity (Wildman–Crippen MR) is 46.4 cm³/mol. The van der Waals surface area contributed by atoms with E-state index in [1.807, 2.05) is 18.5 Å². The van der Waals surface area contributed by atoms with E-state index < -0.39 is 0 Å². The van der Waals surface area contributed by atoms with Crippen LogP contribution in [-0.2, 0) is 0 Å². The Labute approximate surface area is 66.0 Å². The molecular weight excluding hydrogens is 136 g/mol. The average Bonchev–Trinajstić information content (AvgIpc) is 2.04. The van der Waals surface area contributed by atoms with Crippen LogP contribution in [0.2, 0.25) is 0 Å². The Hall–Kier alpha value is -1.31. The molecule has 0 bridgehead atoms. The Bertz CT molecular complexity index is 282. The van der Waals surface area contributed by atoms with Gasteiger partial charge in [-0.3, -0.25) is 4.99 Å². The van der Waals surface area contributed by atoms with Crippen molar-refractivity contribution in [3.05, 3.63) is 35.7 Å². The molecule has 2 nitrogen and oxygen atoms in total. The number of rotatable bonds is 0. The highest BCUT2D eigenvalue weighted by Crippen LogP contribution is 2.20. The second kappa shape index (κ2) is 2.38. The van der Waals surface area contributed by atoms with Gasteiger partial charge in [0.05, 0.1) is 0 Å². The van der Waals surface area contributed by atoms with Gasteiger partial charge in [-0.25, -0.2) is 0 Å². The van der Waals surface area contributed by atoms with Crippen molar-refractivity contribution in [2.24, 2.45) is 4.99 Å². The lowest BCUT2D eigenvalue weighted by molar-refractivity contribution is 0.915. The smallest absolute Gasteiger partial charge is 0.0430 e. The first-order chi connectivity index (χ1) is 5.36. The molecule has 0 saturated carbocycles. The molecular formula is C9H10N2. The zero-order valence-electron chi connectivity index (χ0n) is 6.30. The van der Waals surface area contributed by atoms with Gasteiger partial charge in [0.1, 0.15) is 0 Å². The molecule has 2 heteroatoms. The molecule has 0 saturated heterocycles. The quantitative estimate of drug-likeness (QED) is 0.548. The summed E-state index contributed by atoms with van der Waals surface area (Å²) in [7, 11) is 0. The van der Waals surface area contributed by atoms with Gasteiger partial charge in [0.15, 0.2) is 0 Å². The third-order valence-electron chi connectivity index (χ3n) is 1.87. The predicted octanol–water partition coefficient (Wildman–Crippen LogP) is 1.39. The van der Waals surface area contributed by atoms with Gasteiger partial charge in [-0.05, 0) is 23.6 Å². The van der Waals surface area contributed by atoms with E-state index in [9.17, 15) is 0 Å². The van der Waals surface area contributed by atoms with Crippen LogP contribution in [0.4, 0.5) is 0 Å². The van der Waals surface area contributed by atoms with Gasteiger partial charge >= 0.3 is 0 Å². The van der Waals surface area contributed by atoms with Crippen LogP contribution in [0.3, 0.4) is 0 Å². The Kier molecular flexibility index (Phi) is 1.39. The molecule has 0 atom stereocenters. The minimum absolute atomic E-state index is 0.914. The van der Waals surface area contributed by atoms with Crippen LogP contribution in [0.5, 0.6) is 0 Å². The third kappa shape index (κ3) is 1.11. The number of hydrogen-bond acceptors (Lipinski definition) is 2. The minimum atomic E-state index is 0.914. The van der Waals surface area contributed by atoms with Crippen LogP contribution in [0, 0.1) is 0 Å². The number of nitrogens with one attached hydrogen (secondary N) is 1. The molecule has 2 heterocycles. The van der Waals surface area contributed by atoms with Crippen molar-refractivity contribution in [2.75, 3.05) is 6.54 Å². The molecule has 56 valence electrons. The molecule has 0 spiro atoms. The summed E-state index contributed by atoms with van der Waals surface area (Å²) in [6.45, 7) is 4.73. The topological polar surface area (TPSA) is 24.4 Å². The van der Waals surface area contributed by atoms with E-state index in [0.29, 0.717) is 0 Å². The molecule has 11 heavy (non-hydrogen) atoms. The van der Waals surface area contributed by atoms with Crippen LogP contribution in [0.15, 0.2) is 40.7 Å². The summed E-state index contributed by atoms with van der Waals surface area (Å²) in [6.07, 6.45) is 7.00. The molecule has 0 aliphatic carbocycles. The first kappa shape index (κ1) is 6.40. The number of aliphatic imine (C=N–C) groups is 1. The van der Waals surface area contributed by atoms with Gasteiger partial charge < -0.3 is 5.32 Å². The Balaban J connectivity index is 2.38. The molecule has 0 aromatic rings. The lowest BCUT2D eigenvalue weighted by Gasteiger charge is -2.17. The van der Waals surface area contributed by atoms with E-state index in [0.717, 1.165) is 18.7 Å². The average molecular weight is 146 g/mol. The van der Waals surface area contributed by atoms with Crippen LogP contribution < -0.4 is 5.32 Å². The van der Waals surface area contributed by atoms with Gasteiger partial charge in [-0.2, -0.15) is 0 Å². The Morgan fingerprint density at radius 3 is 3.36 bits per heavy atom. The minimum Gasteiger partial charge on any atom is -0.362 e. The van der Waals surface area contributed by atoms with Gasteiger partial charge in [0.2, 0.25) is 0 Å². The van der Waals surface area contributed by atoms with E-state index in [2.05, 4.69) is 16.9 Å². The molecule has 1 N–H and O–H groups in total. The fourth-order valence-corrected chi connectivity index (χ4v) is 1.27. The van der Waals surface area contributed by atoms with Crippen molar-refractivity contribution in [1.29, 1.82) is 0 Å². The zero-order valence-corrected chi connectivity index (χ0v) is 6.30. The Morgan fingerprint density at radius 1 is 1.55 bits per heavy atom. The van der Waals surface area contributed by atoms with Gasteiger partial charge in [-0.15, -0.1) is 0 Å². The summed E-state index contributed by atoms with van der Waals surface area (Å²) in [6, 6.07) is 0. The van der Waals surface area contributed by atoms with E-state index in [-0.39, 0.29) is 0 Å². The first-order valence-corrected chi connectivity index (χ1v) is 3.72. The number of allylic oxidation sites excluding steroid dienone is 2. The van der Waals surface area contributed by atoms with Crippen LogP contribution in [0.25, 0.3) is 0 Å². The fraction of sp³-hybridized carbons (Fsp3) is 0.222. The number of nitrogens with zero attached hydrogens (tertiary/aromatic N) is 1. The summed E-state index contributed by atoms with van der Waals surface area (Å²) >= 11 is 0. The van der Waals surface area contributed by atoms with E-state index >= 15 is 0 Å². The van der Waals surface area contributed by atoms with Crippen LogP contribution in [-0.4, -0.2) is 12.8 Å². The lowest BCUT2D eigenvalue weighted by Crippen LogP contribution is -2.13. The zero-order chi connectivity index (χ0) is 7.68. The summed E-state index contributed by atoms with van der Waals surface area (Å²) in [5.41, 5.74) is 3.49. The molecule has 0 aromatic heterocycles. The van der Waals surface area contributed by atoms with Gasteiger partial charge in [-0.1, -0.05) is 6.58 Å². The molecule has 0 unspecified atom stereocenters. The van der Waals surface area contributed by atoms with Crippen LogP contribution in [0.1, 0.15) is 6.42 Å². The highest BCUT2D eigenvalue weighted by atomic mass is 14.9. The highest BCUT2D eigenvalue weighted by molar-refractivity contribution is 5.87. The second-order valence-corrected chi connectivity index (χ2v) is 2.72. The standard InChI is InChI=1S/C9H10N2/c1-7-4-9-5-10-3-2-8(9)6-11-7/h4-6,11H,1-3H2. The molecule has 2 aliphatic heterocycles. The molecule has 0 aromatic carbocycles. The summed E-state index contributed by atoms with van der Waals surface area (Å²) in [5, 5.41) is 3.09. The monoisotopic (exact) mass is 146 g/mol. The van der Waals surface area contributed by atoms with E-state index in [4.69, 9.17) is 0 Å². The van der Waals surface area contributed by atoms with E-state index in [1.54, 1.807) is 0 Å². The van der Waals surface area contributed by atoms with Crippen molar-refractivity contribution in [1.82, 2.24) is 5.32 Å². The summed E-state index contributed by atoms with van der Waals surface area (Å²) in [5.74, 6) is 0. The molecule has 2 rings (SSSR count). The SMILES string of the molecule is C=C1C=C2C=NCCC2=CN1. The van der Waals surface area contributed by atoms with Gasteiger partial charge in [0.25, 0.3) is 0 Å². The highest BCUT2D eigenvalue weighted by Gasteiger charge is 2.10. The number of fused-ring (bicyclic) bond motifs is 1. The van der Waals surface area contributed by atoms with Crippen molar-refractivity contribution >= 4 is 6.21 Å². The van der Waals surface area contributed by atoms with Crippen molar-refractivity contribution in [3.8, 4) is 0 Å². The molecule has 0 radical (unpaired) electrons. The maximum Gasteiger partial charge on any atom is 0.0430 e. The summed E-state index contributed by atoms with van der Waals surface area (Å²) < 4.78 is 0. The maximum absolute atomic E-state index is 4.19. The largest absolute Gasteiger partial charge is 0.362 e. The van der Waals surface area contributed by atoms with E-state index in [1.165, 1.54) is 11.1 Å². The van der Waals surface area contributed by atoms with Crippen molar-refractivity contribution < 1.29 is 0 Å².